The van der Waals surface area contributed by atoms with E-state index in [4.69, 9.17) is 24.9 Å². The van der Waals surface area contributed by atoms with Crippen molar-refractivity contribution in [2.75, 3.05) is 14.1 Å². The second kappa shape index (κ2) is 18.3. The van der Waals surface area contributed by atoms with Crippen LogP contribution in [0.5, 0.6) is 0 Å². The van der Waals surface area contributed by atoms with Crippen molar-refractivity contribution in [3.8, 4) is 0 Å². The molecule has 0 N–H and O–H groups in total. The van der Waals surface area contributed by atoms with E-state index >= 15 is 0 Å². The summed E-state index contributed by atoms with van der Waals surface area (Å²) in [5, 5.41) is 0. The summed E-state index contributed by atoms with van der Waals surface area (Å²) in [7, 11) is 4.53. The lowest BCUT2D eigenvalue weighted by molar-refractivity contribution is 0.108. The molecular formula is C48H55N9. The van der Waals surface area contributed by atoms with Crippen LogP contribution in [0.1, 0.15) is 132 Å². The Morgan fingerprint density at radius 3 is 1.91 bits per heavy atom. The first kappa shape index (κ1) is 38.6. The summed E-state index contributed by atoms with van der Waals surface area (Å²) in [5.41, 5.74) is 10.6. The summed E-state index contributed by atoms with van der Waals surface area (Å²) in [5.74, 6) is 1.06. The van der Waals surface area contributed by atoms with Gasteiger partial charge >= 0.3 is 0 Å². The summed E-state index contributed by atoms with van der Waals surface area (Å²) in [6, 6.07) is 30.8. The van der Waals surface area contributed by atoms with Gasteiger partial charge in [0, 0.05) is 60.4 Å². The molecule has 9 nitrogen and oxygen atoms in total. The smallest absolute Gasteiger partial charge is 0.128 e. The number of nitrogens with zero attached hydrogens (tertiary/aromatic N) is 9. The van der Waals surface area contributed by atoms with E-state index in [1.54, 1.807) is 0 Å². The highest BCUT2D eigenvalue weighted by Gasteiger charge is 2.34. The molecule has 2 aliphatic heterocycles. The fourth-order valence-electron chi connectivity index (χ4n) is 9.29. The van der Waals surface area contributed by atoms with Crippen LogP contribution in [0, 0.1) is 6.92 Å². The Morgan fingerprint density at radius 2 is 1.18 bits per heavy atom. The Balaban J connectivity index is 1.04. The molecule has 0 aliphatic carbocycles. The van der Waals surface area contributed by atoms with Crippen LogP contribution in [0.2, 0.25) is 0 Å². The fourth-order valence-corrected chi connectivity index (χ4v) is 9.29. The molecule has 0 aromatic carbocycles. The molecule has 2 aliphatic rings. The van der Waals surface area contributed by atoms with Crippen LogP contribution in [0.15, 0.2) is 116 Å². The maximum atomic E-state index is 5.53. The van der Waals surface area contributed by atoms with Crippen molar-refractivity contribution in [1.82, 2.24) is 44.7 Å². The molecule has 57 heavy (non-hydrogen) atoms. The van der Waals surface area contributed by atoms with Gasteiger partial charge in [0.2, 0.25) is 0 Å². The maximum absolute atomic E-state index is 5.53. The van der Waals surface area contributed by atoms with Crippen LogP contribution in [0.3, 0.4) is 0 Å². The molecule has 0 radical (unpaired) electrons. The van der Waals surface area contributed by atoms with E-state index in [1.807, 2.05) is 49.2 Å². The Bertz CT molecular complexity index is 2200. The van der Waals surface area contributed by atoms with Gasteiger partial charge in [0.1, 0.15) is 5.82 Å². The third-order valence-electron chi connectivity index (χ3n) is 12.4. The minimum Gasteiger partial charge on any atom is -0.289 e. The number of hydrogen-bond acceptors (Lipinski definition) is 9. The van der Waals surface area contributed by atoms with E-state index in [2.05, 4.69) is 108 Å². The molecule has 9 heteroatoms. The zero-order chi connectivity index (χ0) is 39.0. The van der Waals surface area contributed by atoms with Crippen molar-refractivity contribution in [2.45, 2.75) is 108 Å². The van der Waals surface area contributed by atoms with Crippen LogP contribution in [-0.4, -0.2) is 58.8 Å². The summed E-state index contributed by atoms with van der Waals surface area (Å²) in [6.07, 6.45) is 20.4. The normalized spacial score (nSPS) is 21.0. The van der Waals surface area contributed by atoms with Crippen molar-refractivity contribution in [3.63, 3.8) is 0 Å². The summed E-state index contributed by atoms with van der Waals surface area (Å²) in [6.45, 7) is 2.18. The van der Waals surface area contributed by atoms with Crippen LogP contribution in [-0.2, 0) is 25.7 Å². The molecule has 2 saturated heterocycles. The fraction of sp³-hybridized carbons (Fsp3) is 0.396. The molecule has 6 aromatic rings. The van der Waals surface area contributed by atoms with E-state index in [1.165, 1.54) is 22.5 Å². The Kier molecular flexibility index (Phi) is 12.4. The number of rotatable bonds is 13. The number of aromatic nitrogens is 7. The van der Waals surface area contributed by atoms with Crippen LogP contribution in [0.4, 0.5) is 0 Å². The Morgan fingerprint density at radius 1 is 0.544 bits per heavy atom. The van der Waals surface area contributed by atoms with Gasteiger partial charge in [0.05, 0.1) is 46.9 Å². The monoisotopic (exact) mass is 757 g/mol. The van der Waals surface area contributed by atoms with Gasteiger partial charge in [-0.25, -0.2) is 9.97 Å². The van der Waals surface area contributed by atoms with Crippen molar-refractivity contribution in [2.24, 2.45) is 0 Å². The number of likely N-dealkylation sites (tertiary alicyclic amines) is 2. The van der Waals surface area contributed by atoms with E-state index in [0.29, 0.717) is 0 Å². The summed E-state index contributed by atoms with van der Waals surface area (Å²) in [4.78, 5) is 39.3. The van der Waals surface area contributed by atoms with Crippen molar-refractivity contribution in [3.05, 3.63) is 173 Å². The zero-order valence-corrected chi connectivity index (χ0v) is 33.7. The predicted octanol–water partition coefficient (Wildman–Crippen LogP) is 9.30. The van der Waals surface area contributed by atoms with Gasteiger partial charge in [-0.15, -0.1) is 0 Å². The highest BCUT2D eigenvalue weighted by Crippen LogP contribution is 2.42. The second-order valence-electron chi connectivity index (χ2n) is 16.0. The van der Waals surface area contributed by atoms with Gasteiger partial charge in [0.25, 0.3) is 0 Å². The molecule has 8 heterocycles. The molecule has 0 amide bonds. The standard InChI is InChI=1S/C48H55N9/c1-34-13-10-29-52-47(34)44-22-8-21-43(56(44)2)41-19-7-17-39(55-41)35(24-25-37-15-4-5-28-49-37)33-36-14-11-30-53-48(36)45-23-9-20-42(57(45)3)40-18-6-16-38(54-40)26-27-46-50-31-12-32-51-46/h4-7,10-19,28-32,35,42-45H,8-9,20-27,33H2,1-3H3/t35?,42-,43-,44+,45+/m1/s1. The van der Waals surface area contributed by atoms with Gasteiger partial charge in [-0.1, -0.05) is 30.3 Å². The number of pyridine rings is 5. The molecule has 1 unspecified atom stereocenters. The van der Waals surface area contributed by atoms with Crippen LogP contribution < -0.4 is 0 Å². The minimum absolute atomic E-state index is 0.196. The lowest BCUT2D eigenvalue weighted by Gasteiger charge is -2.40. The third kappa shape index (κ3) is 9.16. The minimum atomic E-state index is 0.196. The molecule has 2 fully saturated rings. The molecule has 0 bridgehead atoms. The molecule has 6 aromatic heterocycles. The Hall–Kier alpha value is -5.25. The first-order valence-electron chi connectivity index (χ1n) is 20.9. The second-order valence-corrected chi connectivity index (χ2v) is 16.0. The van der Waals surface area contributed by atoms with Gasteiger partial charge < -0.3 is 0 Å². The average molecular weight is 758 g/mol. The van der Waals surface area contributed by atoms with Gasteiger partial charge in [-0.3, -0.25) is 34.7 Å². The largest absolute Gasteiger partial charge is 0.289 e. The average Bonchev–Trinajstić information content (AvgIpc) is 3.26. The van der Waals surface area contributed by atoms with Crippen LogP contribution >= 0.6 is 0 Å². The predicted molar refractivity (Wildman–Crippen MR) is 224 cm³/mol. The molecule has 0 spiro atoms. The number of hydrogen-bond donors (Lipinski definition) is 0. The van der Waals surface area contributed by atoms with Gasteiger partial charge in [0.15, 0.2) is 0 Å². The highest BCUT2D eigenvalue weighted by molar-refractivity contribution is 5.29. The summed E-state index contributed by atoms with van der Waals surface area (Å²) >= 11 is 0. The molecular weight excluding hydrogens is 703 g/mol. The third-order valence-corrected chi connectivity index (χ3v) is 12.4. The molecule has 8 rings (SSSR count). The van der Waals surface area contributed by atoms with E-state index in [0.717, 1.165) is 105 Å². The van der Waals surface area contributed by atoms with Crippen molar-refractivity contribution in [1.29, 1.82) is 0 Å². The highest BCUT2D eigenvalue weighted by atomic mass is 15.2. The Labute approximate surface area is 338 Å². The van der Waals surface area contributed by atoms with Gasteiger partial charge in [-0.2, -0.15) is 0 Å². The number of aryl methyl sites for hydroxylation is 4. The lowest BCUT2D eigenvalue weighted by atomic mass is 9.85. The molecule has 292 valence electrons. The maximum Gasteiger partial charge on any atom is 0.128 e. The van der Waals surface area contributed by atoms with Crippen molar-refractivity contribution < 1.29 is 0 Å². The van der Waals surface area contributed by atoms with Crippen molar-refractivity contribution >= 4 is 0 Å². The van der Waals surface area contributed by atoms with Gasteiger partial charge in [-0.05, 0) is 151 Å². The first-order chi connectivity index (χ1) is 28.0. The summed E-state index contributed by atoms with van der Waals surface area (Å²) < 4.78 is 0. The molecule has 0 saturated carbocycles. The van der Waals surface area contributed by atoms with Crippen LogP contribution in [0.25, 0.3) is 0 Å². The quantitative estimate of drug-likeness (QED) is 0.114. The topological polar surface area (TPSA) is 96.7 Å². The number of piperidine rings is 2. The SMILES string of the molecule is Cc1cccnc1[C@@H]1CCC[C@H](c2cccc(C(CCc3ccccn3)Cc3cccnc3[C@@H]3CCC[C@H](c4cccc(CCc5ncccn5)n4)N3C)n2)N1C. The lowest BCUT2D eigenvalue weighted by Crippen LogP contribution is -2.35. The molecule has 5 atom stereocenters. The van der Waals surface area contributed by atoms with E-state index in [-0.39, 0.29) is 30.1 Å². The van der Waals surface area contributed by atoms with E-state index < -0.39 is 0 Å². The zero-order valence-electron chi connectivity index (χ0n) is 33.7. The van der Waals surface area contributed by atoms with E-state index in [9.17, 15) is 0 Å². The first-order valence-corrected chi connectivity index (χ1v) is 20.9.